The number of likely N-dealkylation sites (tertiary alicyclic amines) is 1. The fraction of sp³-hybridized carbons (Fsp3) is 0.526. The molecule has 0 saturated carbocycles. The summed E-state index contributed by atoms with van der Waals surface area (Å²) in [6.07, 6.45) is 2.86. The minimum Gasteiger partial charge on any atom is -0.478 e. The van der Waals surface area contributed by atoms with Gasteiger partial charge in [0.1, 0.15) is 0 Å². The van der Waals surface area contributed by atoms with Crippen LogP contribution in [0.25, 0.3) is 0 Å². The average molecular weight is 345 g/mol. The first-order valence-electron chi connectivity index (χ1n) is 8.65. The van der Waals surface area contributed by atoms with Crippen molar-refractivity contribution in [2.75, 3.05) is 13.1 Å². The first-order valence-corrected chi connectivity index (χ1v) is 8.65. The Hall–Kier alpha value is -2.37. The van der Waals surface area contributed by atoms with Gasteiger partial charge in [-0.2, -0.15) is 0 Å². The van der Waals surface area contributed by atoms with E-state index in [0.29, 0.717) is 18.3 Å². The average Bonchev–Trinajstić information content (AvgIpc) is 2.86. The Morgan fingerprint density at radius 2 is 1.96 bits per heavy atom. The van der Waals surface area contributed by atoms with Crippen molar-refractivity contribution >= 4 is 17.7 Å². The number of carbonyl (C=O) groups excluding carboxylic acids is 1. The molecule has 6 nitrogen and oxygen atoms in total. The topological polar surface area (TPSA) is 93.5 Å². The predicted molar refractivity (Wildman–Crippen MR) is 97.3 cm³/mol. The quantitative estimate of drug-likeness (QED) is 0.420. The van der Waals surface area contributed by atoms with Crippen LogP contribution in [0.2, 0.25) is 0 Å². The predicted octanol–water partition coefficient (Wildman–Crippen LogP) is 2.99. The van der Waals surface area contributed by atoms with E-state index < -0.39 is 5.97 Å². The molecule has 1 fully saturated rings. The largest absolute Gasteiger partial charge is 0.478 e. The Kier molecular flexibility index (Phi) is 5.82. The number of amides is 1. The molecule has 0 bridgehead atoms. The third-order valence-corrected chi connectivity index (χ3v) is 4.84. The summed E-state index contributed by atoms with van der Waals surface area (Å²) < 4.78 is 0. The number of amidine groups is 1. The van der Waals surface area contributed by atoms with Crippen LogP contribution in [-0.4, -0.2) is 46.3 Å². The number of benzene rings is 1. The van der Waals surface area contributed by atoms with Crippen LogP contribution >= 0.6 is 0 Å². The zero-order valence-corrected chi connectivity index (χ0v) is 15.1. The van der Waals surface area contributed by atoms with Gasteiger partial charge in [-0.1, -0.05) is 12.1 Å². The van der Waals surface area contributed by atoms with Gasteiger partial charge in [-0.15, -0.1) is 0 Å². The van der Waals surface area contributed by atoms with E-state index in [0.717, 1.165) is 25.8 Å². The number of nitrogens with zero attached hydrogens (tertiary/aromatic N) is 1. The van der Waals surface area contributed by atoms with Gasteiger partial charge in [-0.3, -0.25) is 10.2 Å². The van der Waals surface area contributed by atoms with Gasteiger partial charge in [0.05, 0.1) is 17.0 Å². The third kappa shape index (κ3) is 4.59. The molecule has 25 heavy (non-hydrogen) atoms. The normalized spacial score (nSPS) is 18.8. The van der Waals surface area contributed by atoms with E-state index in [1.807, 2.05) is 6.92 Å². The molecule has 1 aromatic rings. The number of carboxylic acid groups (broad SMARTS) is 1. The SMILES string of the molecule is CC(=N)N1C[C@@H](CCCNC(=O)c2ccccc2C(=O)O)CC1(C)C. The van der Waals surface area contributed by atoms with E-state index in [2.05, 4.69) is 24.1 Å². The van der Waals surface area contributed by atoms with Gasteiger partial charge in [0.15, 0.2) is 0 Å². The van der Waals surface area contributed by atoms with E-state index in [-0.39, 0.29) is 22.6 Å². The minimum atomic E-state index is -1.10. The monoisotopic (exact) mass is 345 g/mol. The molecular weight excluding hydrogens is 318 g/mol. The molecular formula is C19H27N3O3. The van der Waals surface area contributed by atoms with Crippen molar-refractivity contribution < 1.29 is 14.7 Å². The zero-order chi connectivity index (χ0) is 18.6. The number of nitrogens with one attached hydrogen (secondary N) is 2. The van der Waals surface area contributed by atoms with Gasteiger partial charge in [0.25, 0.3) is 5.91 Å². The molecule has 0 radical (unpaired) electrons. The lowest BCUT2D eigenvalue weighted by Crippen LogP contribution is -2.40. The molecule has 2 rings (SSSR count). The molecule has 1 heterocycles. The zero-order valence-electron chi connectivity index (χ0n) is 15.1. The molecule has 136 valence electrons. The Morgan fingerprint density at radius 3 is 2.52 bits per heavy atom. The standard InChI is InChI=1S/C19H27N3O3/c1-13(20)22-12-14(11-19(22,2)3)7-6-10-21-17(23)15-8-4-5-9-16(15)18(24)25/h4-5,8-9,14,20H,6-7,10-12H2,1-3H3,(H,21,23)(H,24,25)/t14-/m0/s1. The lowest BCUT2D eigenvalue weighted by atomic mass is 9.93. The second kappa shape index (κ2) is 7.68. The Bertz CT molecular complexity index is 670. The van der Waals surface area contributed by atoms with Crippen LogP contribution in [-0.2, 0) is 0 Å². The lowest BCUT2D eigenvalue weighted by molar-refractivity contribution is 0.0691. The molecule has 1 aliphatic rings. The maximum absolute atomic E-state index is 12.2. The van der Waals surface area contributed by atoms with Crippen molar-refractivity contribution in [3.8, 4) is 0 Å². The smallest absolute Gasteiger partial charge is 0.336 e. The summed E-state index contributed by atoms with van der Waals surface area (Å²) in [6.45, 7) is 7.56. The number of carboxylic acids is 1. The molecule has 6 heteroatoms. The van der Waals surface area contributed by atoms with E-state index >= 15 is 0 Å². The molecule has 0 unspecified atom stereocenters. The summed E-state index contributed by atoms with van der Waals surface area (Å²) in [6, 6.07) is 6.24. The minimum absolute atomic E-state index is 0.0141. The summed E-state index contributed by atoms with van der Waals surface area (Å²) in [5.41, 5.74) is 0.234. The highest BCUT2D eigenvalue weighted by atomic mass is 16.4. The van der Waals surface area contributed by atoms with Gasteiger partial charge < -0.3 is 15.3 Å². The number of hydrogen-bond acceptors (Lipinski definition) is 3. The van der Waals surface area contributed by atoms with Crippen LogP contribution in [0.3, 0.4) is 0 Å². The third-order valence-electron chi connectivity index (χ3n) is 4.84. The highest BCUT2D eigenvalue weighted by Crippen LogP contribution is 2.34. The second-order valence-electron chi connectivity index (χ2n) is 7.33. The van der Waals surface area contributed by atoms with E-state index in [9.17, 15) is 9.59 Å². The van der Waals surface area contributed by atoms with Crippen LogP contribution in [0, 0.1) is 11.3 Å². The number of rotatable bonds is 6. The summed E-state index contributed by atoms with van der Waals surface area (Å²) >= 11 is 0. The fourth-order valence-electron chi connectivity index (χ4n) is 3.73. The first-order chi connectivity index (χ1) is 11.7. The Balaban J connectivity index is 1.82. The van der Waals surface area contributed by atoms with Gasteiger partial charge in [0, 0.05) is 18.6 Å². The summed E-state index contributed by atoms with van der Waals surface area (Å²) in [4.78, 5) is 25.5. The molecule has 1 aliphatic heterocycles. The molecule has 1 aromatic carbocycles. The highest BCUT2D eigenvalue weighted by molar-refractivity contribution is 6.04. The van der Waals surface area contributed by atoms with Crippen molar-refractivity contribution in [2.24, 2.45) is 5.92 Å². The van der Waals surface area contributed by atoms with Crippen LogP contribution in [0.15, 0.2) is 24.3 Å². The Labute approximate surface area is 148 Å². The van der Waals surface area contributed by atoms with E-state index in [1.54, 1.807) is 12.1 Å². The van der Waals surface area contributed by atoms with Gasteiger partial charge in [0.2, 0.25) is 0 Å². The fourth-order valence-corrected chi connectivity index (χ4v) is 3.73. The van der Waals surface area contributed by atoms with E-state index in [1.165, 1.54) is 12.1 Å². The van der Waals surface area contributed by atoms with Crippen molar-refractivity contribution in [2.45, 2.75) is 45.6 Å². The summed E-state index contributed by atoms with van der Waals surface area (Å²) in [7, 11) is 0. The van der Waals surface area contributed by atoms with Crippen LogP contribution in [0.5, 0.6) is 0 Å². The molecule has 0 aromatic heterocycles. The maximum atomic E-state index is 12.2. The molecule has 0 aliphatic carbocycles. The molecule has 1 saturated heterocycles. The van der Waals surface area contributed by atoms with Gasteiger partial charge in [-0.25, -0.2) is 4.79 Å². The lowest BCUT2D eigenvalue weighted by Gasteiger charge is -2.32. The summed E-state index contributed by atoms with van der Waals surface area (Å²) in [5, 5.41) is 19.8. The van der Waals surface area contributed by atoms with Crippen molar-refractivity contribution in [3.05, 3.63) is 35.4 Å². The van der Waals surface area contributed by atoms with Crippen molar-refractivity contribution in [3.63, 3.8) is 0 Å². The first kappa shape index (κ1) is 19.0. The summed E-state index contributed by atoms with van der Waals surface area (Å²) in [5.74, 6) is -0.327. The number of hydrogen-bond donors (Lipinski definition) is 3. The number of carbonyl (C=O) groups is 2. The van der Waals surface area contributed by atoms with Crippen LogP contribution in [0.1, 0.15) is 60.7 Å². The molecule has 3 N–H and O–H groups in total. The van der Waals surface area contributed by atoms with Crippen LogP contribution in [0.4, 0.5) is 0 Å². The van der Waals surface area contributed by atoms with Crippen molar-refractivity contribution in [1.29, 1.82) is 5.41 Å². The number of aromatic carboxylic acids is 1. The second-order valence-corrected chi connectivity index (χ2v) is 7.33. The van der Waals surface area contributed by atoms with Gasteiger partial charge >= 0.3 is 5.97 Å². The molecule has 1 atom stereocenters. The maximum Gasteiger partial charge on any atom is 0.336 e. The Morgan fingerprint density at radius 1 is 1.32 bits per heavy atom. The highest BCUT2D eigenvalue weighted by Gasteiger charge is 2.38. The van der Waals surface area contributed by atoms with E-state index in [4.69, 9.17) is 10.5 Å². The van der Waals surface area contributed by atoms with Crippen molar-refractivity contribution in [1.82, 2.24) is 10.2 Å². The molecule has 0 spiro atoms. The van der Waals surface area contributed by atoms with Crippen LogP contribution < -0.4 is 5.32 Å². The molecule has 1 amide bonds. The van der Waals surface area contributed by atoms with Gasteiger partial charge in [-0.05, 0) is 58.1 Å².